The SMILES string of the molecule is Cc1nc(=O)n(CCCn2ccnn2)c(C)c1CC(=O)O. The predicted octanol–water partition coefficient (Wildman–Crippen LogP) is 0.169. The molecular formula is C13H17N5O3. The van der Waals surface area contributed by atoms with E-state index < -0.39 is 5.97 Å². The van der Waals surface area contributed by atoms with E-state index in [1.807, 2.05) is 0 Å². The number of rotatable bonds is 6. The number of aryl methyl sites for hydroxylation is 2. The van der Waals surface area contributed by atoms with Gasteiger partial charge in [-0.15, -0.1) is 5.10 Å². The van der Waals surface area contributed by atoms with E-state index in [9.17, 15) is 9.59 Å². The van der Waals surface area contributed by atoms with Crippen molar-refractivity contribution in [3.05, 3.63) is 39.8 Å². The van der Waals surface area contributed by atoms with Gasteiger partial charge in [0, 0.05) is 36.2 Å². The van der Waals surface area contributed by atoms with Gasteiger partial charge in [0.25, 0.3) is 0 Å². The van der Waals surface area contributed by atoms with Crippen molar-refractivity contribution in [2.24, 2.45) is 0 Å². The van der Waals surface area contributed by atoms with Crippen molar-refractivity contribution in [3.63, 3.8) is 0 Å². The molecule has 2 heterocycles. The van der Waals surface area contributed by atoms with Gasteiger partial charge in [-0.3, -0.25) is 14.0 Å². The van der Waals surface area contributed by atoms with Crippen molar-refractivity contribution in [2.45, 2.75) is 39.8 Å². The van der Waals surface area contributed by atoms with Gasteiger partial charge < -0.3 is 5.11 Å². The van der Waals surface area contributed by atoms with E-state index in [1.165, 1.54) is 4.57 Å². The number of carboxylic acids is 1. The molecule has 0 aliphatic heterocycles. The van der Waals surface area contributed by atoms with Crippen LogP contribution >= 0.6 is 0 Å². The summed E-state index contributed by atoms with van der Waals surface area (Å²) in [6.07, 6.45) is 3.89. The third-order valence-electron chi connectivity index (χ3n) is 3.34. The monoisotopic (exact) mass is 291 g/mol. The molecule has 0 amide bonds. The molecule has 0 saturated heterocycles. The molecule has 8 nitrogen and oxygen atoms in total. The molecule has 0 aliphatic carbocycles. The largest absolute Gasteiger partial charge is 0.481 e. The first-order valence-electron chi connectivity index (χ1n) is 6.62. The van der Waals surface area contributed by atoms with Crippen LogP contribution in [-0.2, 0) is 24.3 Å². The second-order valence-corrected chi connectivity index (χ2v) is 4.79. The Bertz CT molecular complexity index is 691. The van der Waals surface area contributed by atoms with E-state index in [2.05, 4.69) is 15.3 Å². The molecule has 1 N–H and O–H groups in total. The maximum Gasteiger partial charge on any atom is 0.347 e. The normalized spacial score (nSPS) is 10.8. The van der Waals surface area contributed by atoms with Crippen molar-refractivity contribution >= 4 is 5.97 Å². The molecule has 2 aromatic rings. The maximum atomic E-state index is 12.0. The topological polar surface area (TPSA) is 103 Å². The highest BCUT2D eigenvalue weighted by Gasteiger charge is 2.14. The molecule has 0 unspecified atom stereocenters. The third-order valence-corrected chi connectivity index (χ3v) is 3.34. The Morgan fingerprint density at radius 1 is 1.33 bits per heavy atom. The highest BCUT2D eigenvalue weighted by molar-refractivity contribution is 5.70. The minimum atomic E-state index is -0.934. The second kappa shape index (κ2) is 6.29. The van der Waals surface area contributed by atoms with Gasteiger partial charge in [0.1, 0.15) is 0 Å². The molecule has 0 atom stereocenters. The van der Waals surface area contributed by atoms with Crippen LogP contribution in [0.3, 0.4) is 0 Å². The zero-order valence-corrected chi connectivity index (χ0v) is 12.0. The van der Waals surface area contributed by atoms with Crippen LogP contribution in [0, 0.1) is 13.8 Å². The third kappa shape index (κ3) is 3.53. The molecular weight excluding hydrogens is 274 g/mol. The first-order valence-corrected chi connectivity index (χ1v) is 6.62. The van der Waals surface area contributed by atoms with Crippen LogP contribution < -0.4 is 5.69 Å². The first-order chi connectivity index (χ1) is 9.99. The lowest BCUT2D eigenvalue weighted by Crippen LogP contribution is -2.29. The molecule has 2 aromatic heterocycles. The minimum absolute atomic E-state index is 0.131. The molecule has 0 fully saturated rings. The summed E-state index contributed by atoms with van der Waals surface area (Å²) in [7, 11) is 0. The number of aromatic nitrogens is 5. The second-order valence-electron chi connectivity index (χ2n) is 4.79. The summed E-state index contributed by atoms with van der Waals surface area (Å²) in [5, 5.41) is 16.5. The zero-order chi connectivity index (χ0) is 15.4. The smallest absolute Gasteiger partial charge is 0.347 e. The van der Waals surface area contributed by atoms with Crippen LogP contribution in [0.4, 0.5) is 0 Å². The molecule has 0 bridgehead atoms. The van der Waals surface area contributed by atoms with Gasteiger partial charge >= 0.3 is 11.7 Å². The fourth-order valence-corrected chi connectivity index (χ4v) is 2.25. The molecule has 2 rings (SSSR count). The lowest BCUT2D eigenvalue weighted by Gasteiger charge is -2.14. The van der Waals surface area contributed by atoms with E-state index in [1.54, 1.807) is 30.9 Å². The van der Waals surface area contributed by atoms with Crippen molar-refractivity contribution in [2.75, 3.05) is 0 Å². The van der Waals surface area contributed by atoms with Gasteiger partial charge in [0.05, 0.1) is 12.6 Å². The van der Waals surface area contributed by atoms with Gasteiger partial charge in [-0.2, -0.15) is 4.98 Å². The van der Waals surface area contributed by atoms with Gasteiger partial charge in [-0.25, -0.2) is 4.79 Å². The molecule has 0 spiro atoms. The quantitative estimate of drug-likeness (QED) is 0.813. The molecule has 0 aromatic carbocycles. The zero-order valence-electron chi connectivity index (χ0n) is 12.0. The van der Waals surface area contributed by atoms with E-state index in [-0.39, 0.29) is 12.1 Å². The van der Waals surface area contributed by atoms with Gasteiger partial charge in [-0.05, 0) is 20.3 Å². The summed E-state index contributed by atoms with van der Waals surface area (Å²) in [5.41, 5.74) is 1.39. The number of hydrogen-bond donors (Lipinski definition) is 1. The van der Waals surface area contributed by atoms with Crippen LogP contribution in [0.25, 0.3) is 0 Å². The number of nitrogens with zero attached hydrogens (tertiary/aromatic N) is 5. The Morgan fingerprint density at radius 2 is 2.10 bits per heavy atom. The van der Waals surface area contributed by atoms with E-state index >= 15 is 0 Å². The number of aliphatic carboxylic acids is 1. The summed E-state index contributed by atoms with van der Waals surface area (Å²) < 4.78 is 3.20. The van der Waals surface area contributed by atoms with Crippen molar-refractivity contribution in [1.82, 2.24) is 24.5 Å². The average Bonchev–Trinajstić information content (AvgIpc) is 2.91. The fraction of sp³-hybridized carbons (Fsp3) is 0.462. The molecule has 112 valence electrons. The summed E-state index contributed by atoms with van der Waals surface area (Å²) in [4.78, 5) is 26.8. The molecule has 0 saturated carbocycles. The molecule has 0 aliphatic rings. The van der Waals surface area contributed by atoms with Crippen molar-refractivity contribution in [3.8, 4) is 0 Å². The first kappa shape index (κ1) is 14.9. The molecule has 21 heavy (non-hydrogen) atoms. The fourth-order valence-electron chi connectivity index (χ4n) is 2.25. The Hall–Kier alpha value is -2.51. The van der Waals surface area contributed by atoms with E-state index in [4.69, 9.17) is 5.11 Å². The minimum Gasteiger partial charge on any atom is -0.481 e. The highest BCUT2D eigenvalue weighted by atomic mass is 16.4. The molecule has 8 heteroatoms. The summed E-state index contributed by atoms with van der Waals surface area (Å²) in [6, 6.07) is 0. The van der Waals surface area contributed by atoms with Crippen LogP contribution in [0.5, 0.6) is 0 Å². The van der Waals surface area contributed by atoms with Gasteiger partial charge in [0.2, 0.25) is 0 Å². The Balaban J connectivity index is 2.18. The van der Waals surface area contributed by atoms with Crippen LogP contribution in [0.15, 0.2) is 17.2 Å². The Morgan fingerprint density at radius 3 is 2.71 bits per heavy atom. The standard InChI is InChI=1S/C13H17N5O3/c1-9-11(8-12(19)20)10(2)18(13(21)15-9)6-3-5-17-7-4-14-16-17/h4,7H,3,5-6,8H2,1-2H3,(H,19,20). The number of hydrogen-bond acceptors (Lipinski definition) is 5. The summed E-state index contributed by atoms with van der Waals surface area (Å²) in [5.74, 6) is -0.934. The van der Waals surface area contributed by atoms with Crippen LogP contribution in [-0.4, -0.2) is 35.6 Å². The summed E-state index contributed by atoms with van der Waals surface area (Å²) in [6.45, 7) is 4.51. The van der Waals surface area contributed by atoms with Crippen LogP contribution in [0.2, 0.25) is 0 Å². The number of carbonyl (C=O) groups is 1. The summed E-state index contributed by atoms with van der Waals surface area (Å²) >= 11 is 0. The lowest BCUT2D eigenvalue weighted by atomic mass is 10.1. The van der Waals surface area contributed by atoms with Gasteiger partial charge in [-0.1, -0.05) is 5.21 Å². The maximum absolute atomic E-state index is 12.0. The molecule has 0 radical (unpaired) electrons. The Kier molecular flexibility index (Phi) is 4.46. The van der Waals surface area contributed by atoms with E-state index in [0.717, 1.165) is 0 Å². The predicted molar refractivity (Wildman–Crippen MR) is 73.9 cm³/mol. The Labute approximate surface area is 121 Å². The van der Waals surface area contributed by atoms with Crippen molar-refractivity contribution < 1.29 is 9.90 Å². The van der Waals surface area contributed by atoms with E-state index in [0.29, 0.717) is 36.5 Å². The highest BCUT2D eigenvalue weighted by Crippen LogP contribution is 2.11. The number of carboxylic acid groups (broad SMARTS) is 1. The average molecular weight is 291 g/mol. The van der Waals surface area contributed by atoms with Crippen molar-refractivity contribution in [1.29, 1.82) is 0 Å². The lowest BCUT2D eigenvalue weighted by molar-refractivity contribution is -0.136. The van der Waals surface area contributed by atoms with Crippen LogP contribution in [0.1, 0.15) is 23.4 Å². The van der Waals surface area contributed by atoms with Gasteiger partial charge in [0.15, 0.2) is 0 Å².